The summed E-state index contributed by atoms with van der Waals surface area (Å²) in [5, 5.41) is 2.58. The summed E-state index contributed by atoms with van der Waals surface area (Å²) >= 11 is 0. The molecule has 2 heteroatoms. The molecular weight excluding hydrogens is 198 g/mol. The highest BCUT2D eigenvalue weighted by atomic mass is 16.1. The van der Waals surface area contributed by atoms with Crippen LogP contribution in [0.4, 0.5) is 0 Å². The Hall–Kier alpha value is -1.31. The molecule has 94 valence electrons. The second-order valence-corrected chi connectivity index (χ2v) is 2.39. The highest BCUT2D eigenvalue weighted by Gasteiger charge is 2.03. The summed E-state index contributed by atoms with van der Waals surface area (Å²) in [7, 11) is 1.63. The molecule has 0 spiro atoms. The van der Waals surface area contributed by atoms with Crippen LogP contribution in [0.5, 0.6) is 0 Å². The summed E-state index contributed by atoms with van der Waals surface area (Å²) in [4.78, 5) is 11.1. The molecular formula is C14H27NO. The summed E-state index contributed by atoms with van der Waals surface area (Å²) in [6.45, 7) is 9.92. The zero-order valence-corrected chi connectivity index (χ0v) is 10.7. The lowest BCUT2D eigenvalue weighted by atomic mass is 10.1. The molecule has 0 heterocycles. The van der Waals surface area contributed by atoms with E-state index in [4.69, 9.17) is 0 Å². The summed E-state index contributed by atoms with van der Waals surface area (Å²) in [5.41, 5.74) is 1.75. The van der Waals surface area contributed by atoms with Crippen LogP contribution in [0.15, 0.2) is 24.3 Å². The van der Waals surface area contributed by atoms with Gasteiger partial charge in [0.15, 0.2) is 0 Å². The van der Waals surface area contributed by atoms with Crippen LogP contribution in [0.25, 0.3) is 0 Å². The van der Waals surface area contributed by atoms with E-state index in [1.165, 1.54) is 0 Å². The van der Waals surface area contributed by atoms with Crippen LogP contribution >= 0.6 is 0 Å². The lowest BCUT2D eigenvalue weighted by molar-refractivity contribution is 0.0962. The predicted molar refractivity (Wildman–Crippen MR) is 74.0 cm³/mol. The van der Waals surface area contributed by atoms with Crippen molar-refractivity contribution < 1.29 is 4.79 Å². The lowest BCUT2D eigenvalue weighted by Crippen LogP contribution is -2.18. The Bertz CT molecular complexity index is 269. The molecule has 0 radical (unpaired) electrons. The fraction of sp³-hybridized carbons (Fsp3) is 0.500. The summed E-state index contributed by atoms with van der Waals surface area (Å²) in [6, 6.07) is 7.51. The van der Waals surface area contributed by atoms with Crippen molar-refractivity contribution in [2.45, 2.75) is 42.0 Å². The molecule has 0 bridgehead atoms. The SMILES string of the molecule is C.CC.CC.CNC(=O)c1ccccc1C. The van der Waals surface area contributed by atoms with Crippen LogP contribution in [0.1, 0.15) is 51.0 Å². The van der Waals surface area contributed by atoms with Crippen LogP contribution in [0, 0.1) is 6.92 Å². The Labute approximate surface area is 101 Å². The van der Waals surface area contributed by atoms with Crippen molar-refractivity contribution in [1.29, 1.82) is 0 Å². The van der Waals surface area contributed by atoms with Crippen LogP contribution in [0.3, 0.4) is 0 Å². The lowest BCUT2D eigenvalue weighted by Gasteiger charge is -2.01. The van der Waals surface area contributed by atoms with Gasteiger partial charge in [-0.1, -0.05) is 53.3 Å². The minimum atomic E-state index is -0.0249. The fourth-order valence-electron chi connectivity index (χ4n) is 0.962. The molecule has 0 saturated carbocycles. The van der Waals surface area contributed by atoms with Gasteiger partial charge >= 0.3 is 0 Å². The molecule has 0 aliphatic heterocycles. The molecule has 0 aliphatic carbocycles. The smallest absolute Gasteiger partial charge is 0.251 e. The number of nitrogens with one attached hydrogen (secondary N) is 1. The Morgan fingerprint density at radius 1 is 1.06 bits per heavy atom. The van der Waals surface area contributed by atoms with Gasteiger partial charge in [0.05, 0.1) is 0 Å². The highest BCUT2D eigenvalue weighted by molar-refractivity contribution is 5.95. The van der Waals surface area contributed by atoms with Crippen LogP contribution in [0.2, 0.25) is 0 Å². The van der Waals surface area contributed by atoms with Crippen molar-refractivity contribution >= 4 is 5.91 Å². The van der Waals surface area contributed by atoms with Crippen LogP contribution < -0.4 is 5.32 Å². The molecule has 1 aromatic rings. The number of hydrogen-bond acceptors (Lipinski definition) is 1. The second kappa shape index (κ2) is 13.7. The first-order valence-corrected chi connectivity index (χ1v) is 5.53. The van der Waals surface area contributed by atoms with Gasteiger partial charge in [-0.25, -0.2) is 0 Å². The number of amides is 1. The number of hydrogen-bond donors (Lipinski definition) is 1. The number of carbonyl (C=O) groups is 1. The molecule has 0 fully saturated rings. The topological polar surface area (TPSA) is 29.1 Å². The summed E-state index contributed by atoms with van der Waals surface area (Å²) in [5.74, 6) is -0.0249. The molecule has 1 rings (SSSR count). The van der Waals surface area contributed by atoms with Crippen molar-refractivity contribution in [2.75, 3.05) is 7.05 Å². The maximum atomic E-state index is 11.1. The van der Waals surface area contributed by atoms with Gasteiger partial charge < -0.3 is 5.32 Å². The number of benzene rings is 1. The van der Waals surface area contributed by atoms with Gasteiger partial charge in [-0.3, -0.25) is 4.79 Å². The number of carbonyl (C=O) groups excluding carboxylic acids is 1. The van der Waals surface area contributed by atoms with Gasteiger partial charge in [-0.15, -0.1) is 0 Å². The van der Waals surface area contributed by atoms with E-state index in [0.717, 1.165) is 11.1 Å². The van der Waals surface area contributed by atoms with Gasteiger partial charge in [-0.05, 0) is 18.6 Å². The van der Waals surface area contributed by atoms with E-state index in [0.29, 0.717) is 0 Å². The average Bonchev–Trinajstić information content (AvgIpc) is 2.34. The van der Waals surface area contributed by atoms with Crippen molar-refractivity contribution in [1.82, 2.24) is 5.32 Å². The third-order valence-electron chi connectivity index (χ3n) is 1.62. The van der Waals surface area contributed by atoms with Crippen molar-refractivity contribution in [3.05, 3.63) is 35.4 Å². The second-order valence-electron chi connectivity index (χ2n) is 2.39. The van der Waals surface area contributed by atoms with Crippen LogP contribution in [-0.4, -0.2) is 13.0 Å². The van der Waals surface area contributed by atoms with Gasteiger partial charge in [-0.2, -0.15) is 0 Å². The molecule has 0 saturated heterocycles. The quantitative estimate of drug-likeness (QED) is 0.767. The molecule has 1 N–H and O–H groups in total. The summed E-state index contributed by atoms with van der Waals surface area (Å²) in [6.07, 6.45) is 0. The van der Waals surface area contributed by atoms with Gasteiger partial charge in [0.2, 0.25) is 0 Å². The standard InChI is InChI=1S/C9H11NO.2C2H6.CH4/c1-7-5-3-4-6-8(7)9(11)10-2;2*1-2;/h3-6H,1-2H3,(H,10,11);2*1-2H3;1H4. The molecule has 0 unspecified atom stereocenters. The molecule has 2 nitrogen and oxygen atoms in total. The molecule has 0 aromatic heterocycles. The van der Waals surface area contributed by atoms with Gasteiger partial charge in [0.25, 0.3) is 5.91 Å². The summed E-state index contributed by atoms with van der Waals surface area (Å²) < 4.78 is 0. The van der Waals surface area contributed by atoms with E-state index in [-0.39, 0.29) is 13.3 Å². The van der Waals surface area contributed by atoms with E-state index < -0.39 is 0 Å². The van der Waals surface area contributed by atoms with Crippen molar-refractivity contribution in [3.63, 3.8) is 0 Å². The number of aryl methyl sites for hydroxylation is 1. The van der Waals surface area contributed by atoms with Crippen molar-refractivity contribution in [3.8, 4) is 0 Å². The first-order chi connectivity index (χ1) is 7.25. The van der Waals surface area contributed by atoms with E-state index in [2.05, 4.69) is 5.32 Å². The normalized spacial score (nSPS) is 7.12. The minimum absolute atomic E-state index is 0. The molecule has 1 aromatic carbocycles. The third-order valence-corrected chi connectivity index (χ3v) is 1.62. The third kappa shape index (κ3) is 7.04. The Morgan fingerprint density at radius 3 is 1.88 bits per heavy atom. The Morgan fingerprint density at radius 2 is 1.50 bits per heavy atom. The van der Waals surface area contributed by atoms with E-state index in [9.17, 15) is 4.79 Å². The highest BCUT2D eigenvalue weighted by Crippen LogP contribution is 2.05. The maximum absolute atomic E-state index is 11.1. The zero-order valence-electron chi connectivity index (χ0n) is 10.7. The average molecular weight is 225 g/mol. The first-order valence-electron chi connectivity index (χ1n) is 5.53. The Balaban J connectivity index is -0.000000305. The fourth-order valence-corrected chi connectivity index (χ4v) is 0.962. The molecule has 16 heavy (non-hydrogen) atoms. The first kappa shape index (κ1) is 20.1. The monoisotopic (exact) mass is 225 g/mol. The molecule has 0 atom stereocenters. The minimum Gasteiger partial charge on any atom is -0.355 e. The largest absolute Gasteiger partial charge is 0.355 e. The molecule has 0 aliphatic rings. The van der Waals surface area contributed by atoms with Crippen molar-refractivity contribution in [2.24, 2.45) is 0 Å². The predicted octanol–water partition coefficient (Wildman–Crippen LogP) is 4.04. The molecule has 1 amide bonds. The van der Waals surface area contributed by atoms with Gasteiger partial charge in [0, 0.05) is 12.6 Å². The van der Waals surface area contributed by atoms with Crippen LogP contribution in [-0.2, 0) is 0 Å². The van der Waals surface area contributed by atoms with E-state index in [1.54, 1.807) is 7.05 Å². The zero-order chi connectivity index (χ0) is 12.3. The van der Waals surface area contributed by atoms with Gasteiger partial charge in [0.1, 0.15) is 0 Å². The maximum Gasteiger partial charge on any atom is 0.251 e. The van der Waals surface area contributed by atoms with E-state index in [1.807, 2.05) is 58.9 Å². The van der Waals surface area contributed by atoms with E-state index >= 15 is 0 Å². The Kier molecular flexibility index (Phi) is 17.2. The number of rotatable bonds is 1.